The summed E-state index contributed by atoms with van der Waals surface area (Å²) in [6.45, 7) is 2.46. The Morgan fingerprint density at radius 1 is 1.40 bits per heavy atom. The molecule has 0 spiro atoms. The van der Waals surface area contributed by atoms with Gasteiger partial charge < -0.3 is 26.0 Å². The van der Waals surface area contributed by atoms with Crippen molar-refractivity contribution in [1.29, 1.82) is 0 Å². The van der Waals surface area contributed by atoms with Crippen LogP contribution in [0.1, 0.15) is 18.9 Å². The molecule has 6 nitrogen and oxygen atoms in total. The Labute approximate surface area is 118 Å². The van der Waals surface area contributed by atoms with E-state index in [9.17, 15) is 15.0 Å². The summed E-state index contributed by atoms with van der Waals surface area (Å²) in [5, 5.41) is 21.4. The van der Waals surface area contributed by atoms with Gasteiger partial charge in [0, 0.05) is 19.8 Å². The Morgan fingerprint density at radius 3 is 2.70 bits per heavy atom. The minimum Gasteiger partial charge on any atom is -0.504 e. The molecule has 112 valence electrons. The van der Waals surface area contributed by atoms with E-state index in [1.807, 2.05) is 6.92 Å². The van der Waals surface area contributed by atoms with Crippen LogP contribution in [0.5, 0.6) is 11.5 Å². The Kier molecular flexibility index (Phi) is 6.27. The highest BCUT2D eigenvalue weighted by atomic mass is 16.5. The lowest BCUT2D eigenvalue weighted by atomic mass is 10.0. The summed E-state index contributed by atoms with van der Waals surface area (Å²) < 4.78 is 4.94. The molecule has 0 aliphatic rings. The van der Waals surface area contributed by atoms with Crippen LogP contribution in [0.4, 0.5) is 0 Å². The number of nitrogens with one attached hydrogen (secondary N) is 1. The van der Waals surface area contributed by atoms with Crippen LogP contribution < -0.4 is 11.1 Å². The van der Waals surface area contributed by atoms with Crippen LogP contribution >= 0.6 is 0 Å². The van der Waals surface area contributed by atoms with E-state index in [1.165, 1.54) is 12.1 Å². The van der Waals surface area contributed by atoms with Gasteiger partial charge in [-0.3, -0.25) is 4.79 Å². The molecule has 0 saturated carbocycles. The predicted octanol–water partition coefficient (Wildman–Crippen LogP) is 0.509. The van der Waals surface area contributed by atoms with Gasteiger partial charge in [-0.2, -0.15) is 0 Å². The first kappa shape index (κ1) is 16.3. The van der Waals surface area contributed by atoms with Gasteiger partial charge in [0.05, 0.1) is 6.04 Å². The molecule has 2 atom stereocenters. The quantitative estimate of drug-likeness (QED) is 0.545. The second-order valence-corrected chi connectivity index (χ2v) is 4.82. The molecule has 5 N–H and O–H groups in total. The molecule has 1 amide bonds. The number of methoxy groups -OCH3 is 1. The third kappa shape index (κ3) is 5.07. The van der Waals surface area contributed by atoms with Crippen LogP contribution in [-0.4, -0.2) is 41.9 Å². The average molecular weight is 282 g/mol. The molecular weight excluding hydrogens is 260 g/mol. The molecule has 6 heteroatoms. The Morgan fingerprint density at radius 2 is 2.10 bits per heavy atom. The first-order chi connectivity index (χ1) is 9.43. The molecule has 0 fully saturated rings. The second-order valence-electron chi connectivity index (χ2n) is 4.82. The summed E-state index contributed by atoms with van der Waals surface area (Å²) in [4.78, 5) is 11.9. The number of rotatable bonds is 7. The van der Waals surface area contributed by atoms with Gasteiger partial charge in [0.2, 0.25) is 5.91 Å². The van der Waals surface area contributed by atoms with Crippen molar-refractivity contribution in [2.45, 2.75) is 31.8 Å². The van der Waals surface area contributed by atoms with E-state index < -0.39 is 6.04 Å². The molecule has 0 bridgehead atoms. The molecule has 0 aromatic heterocycles. The van der Waals surface area contributed by atoms with E-state index >= 15 is 0 Å². The van der Waals surface area contributed by atoms with Gasteiger partial charge in [0.1, 0.15) is 0 Å². The smallest absolute Gasteiger partial charge is 0.237 e. The Balaban J connectivity index is 2.50. The third-order valence-corrected chi connectivity index (χ3v) is 2.98. The lowest BCUT2D eigenvalue weighted by molar-refractivity contribution is -0.123. The largest absolute Gasteiger partial charge is 0.504 e. The third-order valence-electron chi connectivity index (χ3n) is 2.98. The van der Waals surface area contributed by atoms with Gasteiger partial charge in [-0.25, -0.2) is 0 Å². The number of amides is 1. The van der Waals surface area contributed by atoms with Gasteiger partial charge in [0.25, 0.3) is 0 Å². The number of carbonyl (C=O) groups is 1. The SMILES string of the molecule is COCCC(C)NC(=O)[C@@H](N)Cc1ccc(O)c(O)c1. The van der Waals surface area contributed by atoms with Crippen molar-refractivity contribution in [3.05, 3.63) is 23.8 Å². The first-order valence-corrected chi connectivity index (χ1v) is 6.49. The molecule has 1 aromatic rings. The molecule has 0 aliphatic heterocycles. The van der Waals surface area contributed by atoms with Crippen LogP contribution in [0.3, 0.4) is 0 Å². The van der Waals surface area contributed by atoms with Crippen molar-refractivity contribution < 1.29 is 19.7 Å². The van der Waals surface area contributed by atoms with Crippen molar-refractivity contribution in [3.8, 4) is 11.5 Å². The van der Waals surface area contributed by atoms with Gasteiger partial charge in [-0.05, 0) is 37.5 Å². The molecule has 1 aromatic carbocycles. The minimum absolute atomic E-state index is 0.0123. The van der Waals surface area contributed by atoms with Gasteiger partial charge in [0.15, 0.2) is 11.5 Å². The fourth-order valence-corrected chi connectivity index (χ4v) is 1.76. The lowest BCUT2D eigenvalue weighted by Crippen LogP contribution is -2.45. The predicted molar refractivity (Wildman–Crippen MR) is 75.5 cm³/mol. The zero-order valence-corrected chi connectivity index (χ0v) is 11.8. The number of ether oxygens (including phenoxy) is 1. The molecule has 0 radical (unpaired) electrons. The molecular formula is C14H22N2O4. The number of phenolic OH excluding ortho intramolecular Hbond substituents is 2. The van der Waals surface area contributed by atoms with Crippen molar-refractivity contribution >= 4 is 5.91 Å². The molecule has 0 aliphatic carbocycles. The highest BCUT2D eigenvalue weighted by Crippen LogP contribution is 2.25. The Bertz CT molecular complexity index is 451. The van der Waals surface area contributed by atoms with E-state index in [0.717, 1.165) is 6.42 Å². The fourth-order valence-electron chi connectivity index (χ4n) is 1.76. The van der Waals surface area contributed by atoms with Gasteiger partial charge in [-0.1, -0.05) is 6.07 Å². The highest BCUT2D eigenvalue weighted by molar-refractivity contribution is 5.82. The number of benzene rings is 1. The molecule has 0 heterocycles. The topological polar surface area (TPSA) is 105 Å². The number of phenols is 2. The van der Waals surface area contributed by atoms with Crippen molar-refractivity contribution in [3.63, 3.8) is 0 Å². The summed E-state index contributed by atoms with van der Waals surface area (Å²) >= 11 is 0. The summed E-state index contributed by atoms with van der Waals surface area (Å²) in [5.41, 5.74) is 6.51. The van der Waals surface area contributed by atoms with Crippen molar-refractivity contribution in [2.75, 3.05) is 13.7 Å². The standard InChI is InChI=1S/C14H22N2O4/c1-9(5-6-20-2)16-14(19)11(15)7-10-3-4-12(17)13(18)8-10/h3-4,8-9,11,17-18H,5-7,15H2,1-2H3,(H,16,19)/t9?,11-/m0/s1. The first-order valence-electron chi connectivity index (χ1n) is 6.49. The number of aromatic hydroxyl groups is 2. The molecule has 0 saturated heterocycles. The summed E-state index contributed by atoms with van der Waals surface area (Å²) in [7, 11) is 1.61. The van der Waals surface area contributed by atoms with E-state index in [0.29, 0.717) is 12.2 Å². The lowest BCUT2D eigenvalue weighted by Gasteiger charge is -2.17. The van der Waals surface area contributed by atoms with E-state index in [2.05, 4.69) is 5.32 Å². The maximum atomic E-state index is 11.9. The summed E-state index contributed by atoms with van der Waals surface area (Å²) in [6, 6.07) is 3.68. The highest BCUT2D eigenvalue weighted by Gasteiger charge is 2.16. The molecule has 1 unspecified atom stereocenters. The van der Waals surface area contributed by atoms with Crippen molar-refractivity contribution in [2.24, 2.45) is 5.73 Å². The van der Waals surface area contributed by atoms with Crippen LogP contribution in [-0.2, 0) is 16.0 Å². The van der Waals surface area contributed by atoms with Crippen LogP contribution in [0.15, 0.2) is 18.2 Å². The molecule has 1 rings (SSSR count). The monoisotopic (exact) mass is 282 g/mol. The minimum atomic E-state index is -0.705. The fraction of sp³-hybridized carbons (Fsp3) is 0.500. The van der Waals surface area contributed by atoms with Gasteiger partial charge >= 0.3 is 0 Å². The zero-order valence-electron chi connectivity index (χ0n) is 11.8. The zero-order chi connectivity index (χ0) is 15.1. The maximum absolute atomic E-state index is 11.9. The normalized spacial score (nSPS) is 13.8. The number of hydrogen-bond donors (Lipinski definition) is 4. The number of carbonyl (C=O) groups excluding carboxylic acids is 1. The number of nitrogens with two attached hydrogens (primary N) is 1. The van der Waals surface area contributed by atoms with E-state index in [1.54, 1.807) is 13.2 Å². The van der Waals surface area contributed by atoms with Crippen LogP contribution in [0.25, 0.3) is 0 Å². The van der Waals surface area contributed by atoms with E-state index in [4.69, 9.17) is 10.5 Å². The summed E-state index contributed by atoms with van der Waals surface area (Å²) in [6.07, 6.45) is 1.01. The number of hydrogen-bond acceptors (Lipinski definition) is 5. The van der Waals surface area contributed by atoms with Crippen LogP contribution in [0, 0.1) is 0 Å². The van der Waals surface area contributed by atoms with Crippen molar-refractivity contribution in [1.82, 2.24) is 5.32 Å². The van der Waals surface area contributed by atoms with Gasteiger partial charge in [-0.15, -0.1) is 0 Å². The second kappa shape index (κ2) is 7.72. The summed E-state index contributed by atoms with van der Waals surface area (Å²) in [5.74, 6) is -0.662. The van der Waals surface area contributed by atoms with Crippen LogP contribution in [0.2, 0.25) is 0 Å². The molecule has 20 heavy (non-hydrogen) atoms. The van der Waals surface area contributed by atoms with E-state index in [-0.39, 0.29) is 29.9 Å². The average Bonchev–Trinajstić information content (AvgIpc) is 2.40. The maximum Gasteiger partial charge on any atom is 0.237 e. The Hall–Kier alpha value is -1.79.